The van der Waals surface area contributed by atoms with Crippen molar-refractivity contribution in [2.45, 2.75) is 19.4 Å². The van der Waals surface area contributed by atoms with E-state index in [9.17, 15) is 9.59 Å². The number of nitrogens with one attached hydrogen (secondary N) is 1. The van der Waals surface area contributed by atoms with Gasteiger partial charge in [0.15, 0.2) is 0 Å². The van der Waals surface area contributed by atoms with Gasteiger partial charge in [-0.1, -0.05) is 0 Å². The number of ether oxygens (including phenoxy) is 2. The summed E-state index contributed by atoms with van der Waals surface area (Å²) in [5.41, 5.74) is 0. The highest BCUT2D eigenvalue weighted by Crippen LogP contribution is 2.03. The zero-order valence-corrected chi connectivity index (χ0v) is 9.60. The molecule has 17 heavy (non-hydrogen) atoms. The Balaban J connectivity index is 2.03. The summed E-state index contributed by atoms with van der Waals surface area (Å²) in [5.74, 6) is 0.277. The highest BCUT2D eigenvalue weighted by atomic mass is 16.5. The first-order valence-electron chi connectivity index (χ1n) is 5.22. The van der Waals surface area contributed by atoms with Gasteiger partial charge in [-0.25, -0.2) is 4.79 Å². The van der Waals surface area contributed by atoms with Gasteiger partial charge in [0.1, 0.15) is 12.4 Å². The Hall–Kier alpha value is -1.98. The van der Waals surface area contributed by atoms with E-state index in [-0.39, 0.29) is 19.0 Å². The van der Waals surface area contributed by atoms with Crippen molar-refractivity contribution in [2.24, 2.45) is 0 Å². The number of carbonyl (C=O) groups is 2. The number of hydrogen-bond donors (Lipinski definition) is 1. The Morgan fingerprint density at radius 1 is 1.47 bits per heavy atom. The Kier molecular flexibility index (Phi) is 5.63. The predicted octanol–water partition coefficient (Wildman–Crippen LogP) is 1.46. The highest BCUT2D eigenvalue weighted by molar-refractivity contribution is 5.69. The summed E-state index contributed by atoms with van der Waals surface area (Å²) in [4.78, 5) is 21.9. The van der Waals surface area contributed by atoms with Crippen LogP contribution in [0.4, 0.5) is 4.79 Å². The number of alkyl carbamates (subject to hydrolysis) is 1. The summed E-state index contributed by atoms with van der Waals surface area (Å²) in [6, 6.07) is 3.45. The van der Waals surface area contributed by atoms with Crippen molar-refractivity contribution in [3.8, 4) is 0 Å². The molecule has 0 aliphatic rings. The Labute approximate surface area is 98.9 Å². The van der Waals surface area contributed by atoms with Crippen LogP contribution in [0.1, 0.15) is 18.6 Å². The molecule has 0 saturated carbocycles. The molecule has 6 nitrogen and oxygen atoms in total. The normalized spacial score (nSPS) is 9.71. The highest BCUT2D eigenvalue weighted by Gasteiger charge is 2.05. The second-order valence-corrected chi connectivity index (χ2v) is 3.26. The number of rotatable bonds is 6. The summed E-state index contributed by atoms with van der Waals surface area (Å²) in [5, 5.41) is 2.47. The number of amides is 1. The van der Waals surface area contributed by atoms with Gasteiger partial charge in [0.05, 0.1) is 13.4 Å². The average Bonchev–Trinajstić information content (AvgIpc) is 2.84. The molecule has 1 amide bonds. The lowest BCUT2D eigenvalue weighted by Gasteiger charge is -2.04. The van der Waals surface area contributed by atoms with Gasteiger partial charge in [0, 0.05) is 13.0 Å². The molecule has 1 aromatic rings. The molecule has 0 atom stereocenters. The molecule has 0 aromatic carbocycles. The molecule has 0 fully saturated rings. The summed E-state index contributed by atoms with van der Waals surface area (Å²) in [6.45, 7) is 0.513. The van der Waals surface area contributed by atoms with Gasteiger partial charge in [0.25, 0.3) is 0 Å². The molecule has 0 aliphatic carbocycles. The summed E-state index contributed by atoms with van der Waals surface area (Å²) in [7, 11) is 1.28. The molecule has 1 aromatic heterocycles. The fourth-order valence-corrected chi connectivity index (χ4v) is 1.11. The summed E-state index contributed by atoms with van der Waals surface area (Å²) in [6.07, 6.45) is 1.76. The molecule has 0 spiro atoms. The van der Waals surface area contributed by atoms with Gasteiger partial charge < -0.3 is 19.2 Å². The van der Waals surface area contributed by atoms with Gasteiger partial charge in [0.2, 0.25) is 0 Å². The van der Waals surface area contributed by atoms with Crippen molar-refractivity contribution in [2.75, 3.05) is 13.7 Å². The first kappa shape index (κ1) is 13.1. The lowest BCUT2D eigenvalue weighted by molar-refractivity contribution is -0.145. The van der Waals surface area contributed by atoms with E-state index >= 15 is 0 Å². The number of esters is 1. The van der Waals surface area contributed by atoms with Crippen molar-refractivity contribution < 1.29 is 23.5 Å². The van der Waals surface area contributed by atoms with E-state index in [0.29, 0.717) is 18.7 Å². The Bertz CT molecular complexity index is 347. The van der Waals surface area contributed by atoms with Gasteiger partial charge in [-0.2, -0.15) is 0 Å². The van der Waals surface area contributed by atoms with Gasteiger partial charge >= 0.3 is 12.1 Å². The molecular formula is C11H15NO5. The van der Waals surface area contributed by atoms with E-state index in [1.54, 1.807) is 12.1 Å². The Morgan fingerprint density at radius 2 is 2.29 bits per heavy atom. The molecular weight excluding hydrogens is 226 g/mol. The van der Waals surface area contributed by atoms with E-state index < -0.39 is 6.09 Å². The molecule has 1 rings (SSSR count). The monoisotopic (exact) mass is 241 g/mol. The Morgan fingerprint density at radius 3 is 2.94 bits per heavy atom. The molecule has 1 heterocycles. The van der Waals surface area contributed by atoms with Crippen molar-refractivity contribution in [1.82, 2.24) is 5.32 Å². The zero-order chi connectivity index (χ0) is 12.5. The smallest absolute Gasteiger partial charge is 0.406 e. The van der Waals surface area contributed by atoms with Crippen molar-refractivity contribution in [1.29, 1.82) is 0 Å². The van der Waals surface area contributed by atoms with Crippen LogP contribution in [0, 0.1) is 0 Å². The van der Waals surface area contributed by atoms with Crippen molar-refractivity contribution >= 4 is 12.1 Å². The topological polar surface area (TPSA) is 77.8 Å². The van der Waals surface area contributed by atoms with Gasteiger partial charge in [-0.3, -0.25) is 4.79 Å². The van der Waals surface area contributed by atoms with E-state index in [4.69, 9.17) is 9.15 Å². The standard InChI is InChI=1S/C11H15NO5/c1-15-11(14)12-6-2-5-10(13)17-8-9-4-3-7-16-9/h3-4,7H,2,5-6,8H2,1H3,(H,12,14). The fourth-order valence-electron chi connectivity index (χ4n) is 1.11. The third kappa shape index (κ3) is 5.60. The van der Waals surface area contributed by atoms with E-state index in [2.05, 4.69) is 10.1 Å². The quantitative estimate of drug-likeness (QED) is 0.602. The first-order chi connectivity index (χ1) is 8.22. The predicted molar refractivity (Wildman–Crippen MR) is 58.1 cm³/mol. The largest absolute Gasteiger partial charge is 0.466 e. The average molecular weight is 241 g/mol. The van der Waals surface area contributed by atoms with Crippen LogP contribution in [0.25, 0.3) is 0 Å². The van der Waals surface area contributed by atoms with Crippen LogP contribution in [0.3, 0.4) is 0 Å². The lowest BCUT2D eigenvalue weighted by atomic mass is 10.3. The molecule has 0 bridgehead atoms. The van der Waals surface area contributed by atoms with Crippen LogP contribution in [-0.4, -0.2) is 25.7 Å². The number of furan rings is 1. The minimum absolute atomic E-state index is 0.135. The maximum Gasteiger partial charge on any atom is 0.406 e. The van der Waals surface area contributed by atoms with Crippen molar-refractivity contribution in [3.05, 3.63) is 24.2 Å². The maximum absolute atomic E-state index is 11.2. The van der Waals surface area contributed by atoms with Crippen LogP contribution in [0.15, 0.2) is 22.8 Å². The molecule has 0 radical (unpaired) electrons. The van der Waals surface area contributed by atoms with E-state index in [1.165, 1.54) is 13.4 Å². The number of carbonyl (C=O) groups excluding carboxylic acids is 2. The van der Waals surface area contributed by atoms with Crippen molar-refractivity contribution in [3.63, 3.8) is 0 Å². The van der Waals surface area contributed by atoms with Gasteiger partial charge in [-0.15, -0.1) is 0 Å². The summed E-state index contributed by atoms with van der Waals surface area (Å²) < 4.78 is 14.3. The molecule has 0 unspecified atom stereocenters. The number of hydrogen-bond acceptors (Lipinski definition) is 5. The van der Waals surface area contributed by atoms with Crippen LogP contribution >= 0.6 is 0 Å². The molecule has 0 aliphatic heterocycles. The SMILES string of the molecule is COC(=O)NCCCC(=O)OCc1ccco1. The van der Waals surface area contributed by atoms with Gasteiger partial charge in [-0.05, 0) is 18.6 Å². The molecule has 94 valence electrons. The second kappa shape index (κ2) is 7.32. The summed E-state index contributed by atoms with van der Waals surface area (Å²) >= 11 is 0. The minimum Gasteiger partial charge on any atom is -0.466 e. The minimum atomic E-state index is -0.506. The lowest BCUT2D eigenvalue weighted by Crippen LogP contribution is -2.24. The van der Waals surface area contributed by atoms with E-state index in [0.717, 1.165) is 0 Å². The zero-order valence-electron chi connectivity index (χ0n) is 9.60. The maximum atomic E-state index is 11.2. The third-order valence-corrected chi connectivity index (χ3v) is 1.97. The van der Waals surface area contributed by atoms with Crippen LogP contribution < -0.4 is 5.32 Å². The van der Waals surface area contributed by atoms with E-state index in [1.807, 2.05) is 0 Å². The fraction of sp³-hybridized carbons (Fsp3) is 0.455. The van der Waals surface area contributed by atoms with Crippen LogP contribution in [0.5, 0.6) is 0 Å². The van der Waals surface area contributed by atoms with Crippen LogP contribution in [-0.2, 0) is 20.9 Å². The third-order valence-electron chi connectivity index (χ3n) is 1.97. The second-order valence-electron chi connectivity index (χ2n) is 3.26. The van der Waals surface area contributed by atoms with Crippen LogP contribution in [0.2, 0.25) is 0 Å². The molecule has 1 N–H and O–H groups in total. The number of methoxy groups -OCH3 is 1. The first-order valence-corrected chi connectivity index (χ1v) is 5.22. The molecule has 0 saturated heterocycles. The molecule has 6 heteroatoms.